The minimum Gasteiger partial charge on any atom is -0.494 e. The standard InChI is InChI=1S/C21H24N2O3/c1-4-25-19-9-11-20(12-10-19)26-15-21(24)23(16(2)3)14-18-7-5-17(13-22)6-8-18/h5-12,16H,4,14-15H2,1-3H3. The van der Waals surface area contributed by atoms with E-state index in [1.807, 2.05) is 45.0 Å². The number of rotatable bonds is 8. The minimum atomic E-state index is -0.0850. The molecule has 0 saturated heterocycles. The van der Waals surface area contributed by atoms with Gasteiger partial charge in [-0.3, -0.25) is 4.79 Å². The molecule has 0 unspecified atom stereocenters. The Morgan fingerprint density at radius 1 is 1.04 bits per heavy atom. The number of ether oxygens (including phenoxy) is 2. The van der Waals surface area contributed by atoms with Crippen molar-refractivity contribution in [3.63, 3.8) is 0 Å². The molecule has 136 valence electrons. The van der Waals surface area contributed by atoms with Crippen molar-refractivity contribution in [3.8, 4) is 17.6 Å². The summed E-state index contributed by atoms with van der Waals surface area (Å²) >= 11 is 0. The van der Waals surface area contributed by atoms with Crippen LogP contribution < -0.4 is 9.47 Å². The molecule has 0 aliphatic rings. The van der Waals surface area contributed by atoms with E-state index < -0.39 is 0 Å². The predicted molar refractivity (Wildman–Crippen MR) is 99.9 cm³/mol. The number of nitrogens with zero attached hydrogens (tertiary/aromatic N) is 2. The van der Waals surface area contributed by atoms with Crippen molar-refractivity contribution in [2.45, 2.75) is 33.4 Å². The molecular formula is C21H24N2O3. The summed E-state index contributed by atoms with van der Waals surface area (Å²) in [6.07, 6.45) is 0. The zero-order chi connectivity index (χ0) is 18.9. The topological polar surface area (TPSA) is 62.6 Å². The lowest BCUT2D eigenvalue weighted by Crippen LogP contribution is -2.39. The van der Waals surface area contributed by atoms with Crippen LogP contribution in [0, 0.1) is 11.3 Å². The van der Waals surface area contributed by atoms with Crippen LogP contribution in [0.3, 0.4) is 0 Å². The van der Waals surface area contributed by atoms with Gasteiger partial charge < -0.3 is 14.4 Å². The van der Waals surface area contributed by atoms with E-state index in [0.717, 1.165) is 11.3 Å². The molecule has 0 bridgehead atoms. The van der Waals surface area contributed by atoms with E-state index in [0.29, 0.717) is 24.5 Å². The molecule has 0 N–H and O–H groups in total. The Balaban J connectivity index is 1.95. The summed E-state index contributed by atoms with van der Waals surface area (Å²) in [5, 5.41) is 8.87. The van der Waals surface area contributed by atoms with Crippen LogP contribution >= 0.6 is 0 Å². The average molecular weight is 352 g/mol. The molecule has 0 aliphatic heterocycles. The molecule has 0 atom stereocenters. The summed E-state index contributed by atoms with van der Waals surface area (Å²) in [6.45, 7) is 6.93. The molecule has 0 aliphatic carbocycles. The van der Waals surface area contributed by atoms with Crippen LogP contribution in [0.15, 0.2) is 48.5 Å². The third-order valence-electron chi connectivity index (χ3n) is 3.88. The first-order valence-electron chi connectivity index (χ1n) is 8.67. The maximum absolute atomic E-state index is 12.6. The molecular weight excluding hydrogens is 328 g/mol. The molecule has 0 fully saturated rings. The van der Waals surface area contributed by atoms with Crippen LogP contribution in [0.5, 0.6) is 11.5 Å². The van der Waals surface area contributed by atoms with Crippen molar-refractivity contribution < 1.29 is 14.3 Å². The van der Waals surface area contributed by atoms with E-state index in [9.17, 15) is 4.79 Å². The molecule has 5 heteroatoms. The van der Waals surface area contributed by atoms with Gasteiger partial charge in [-0.1, -0.05) is 12.1 Å². The van der Waals surface area contributed by atoms with Gasteiger partial charge in [0, 0.05) is 12.6 Å². The van der Waals surface area contributed by atoms with Crippen LogP contribution in [-0.2, 0) is 11.3 Å². The summed E-state index contributed by atoms with van der Waals surface area (Å²) in [4.78, 5) is 14.3. The van der Waals surface area contributed by atoms with Crippen LogP contribution in [0.4, 0.5) is 0 Å². The maximum atomic E-state index is 12.6. The summed E-state index contributed by atoms with van der Waals surface area (Å²) in [6, 6.07) is 16.6. The van der Waals surface area contributed by atoms with Gasteiger partial charge in [-0.25, -0.2) is 0 Å². The molecule has 26 heavy (non-hydrogen) atoms. The molecule has 1 amide bonds. The second kappa shape index (κ2) is 9.47. The van der Waals surface area contributed by atoms with Crippen molar-refractivity contribution in [1.82, 2.24) is 4.90 Å². The Morgan fingerprint density at radius 3 is 2.12 bits per heavy atom. The van der Waals surface area contributed by atoms with Gasteiger partial charge in [-0.15, -0.1) is 0 Å². The summed E-state index contributed by atoms with van der Waals surface area (Å²) < 4.78 is 11.0. The number of hydrogen-bond donors (Lipinski definition) is 0. The van der Waals surface area contributed by atoms with Crippen LogP contribution in [-0.4, -0.2) is 30.1 Å². The molecule has 0 aromatic heterocycles. The fraction of sp³-hybridized carbons (Fsp3) is 0.333. The molecule has 0 radical (unpaired) electrons. The number of benzene rings is 2. The van der Waals surface area contributed by atoms with Gasteiger partial charge in [0.2, 0.25) is 0 Å². The SMILES string of the molecule is CCOc1ccc(OCC(=O)N(Cc2ccc(C#N)cc2)C(C)C)cc1. The number of carbonyl (C=O) groups excluding carboxylic acids is 1. The second-order valence-corrected chi connectivity index (χ2v) is 6.12. The molecule has 5 nitrogen and oxygen atoms in total. The highest BCUT2D eigenvalue weighted by Gasteiger charge is 2.18. The van der Waals surface area contributed by atoms with Crippen LogP contribution in [0.1, 0.15) is 31.9 Å². The average Bonchev–Trinajstić information content (AvgIpc) is 2.65. The Kier molecular flexibility index (Phi) is 7.04. The Labute approximate surface area is 154 Å². The monoisotopic (exact) mass is 352 g/mol. The second-order valence-electron chi connectivity index (χ2n) is 6.12. The zero-order valence-electron chi connectivity index (χ0n) is 15.4. The number of hydrogen-bond acceptors (Lipinski definition) is 4. The molecule has 2 aromatic carbocycles. The van der Waals surface area contributed by atoms with E-state index >= 15 is 0 Å². The third-order valence-corrected chi connectivity index (χ3v) is 3.88. The van der Waals surface area contributed by atoms with Gasteiger partial charge in [0.05, 0.1) is 18.2 Å². The fourth-order valence-electron chi connectivity index (χ4n) is 2.47. The van der Waals surface area contributed by atoms with Crippen LogP contribution in [0.2, 0.25) is 0 Å². The first kappa shape index (κ1) is 19.3. The van der Waals surface area contributed by atoms with E-state index in [1.165, 1.54) is 0 Å². The highest BCUT2D eigenvalue weighted by atomic mass is 16.5. The van der Waals surface area contributed by atoms with Crippen LogP contribution in [0.25, 0.3) is 0 Å². The van der Waals surface area contributed by atoms with Crippen molar-refractivity contribution >= 4 is 5.91 Å². The van der Waals surface area contributed by atoms with Gasteiger partial charge >= 0.3 is 0 Å². The molecule has 2 rings (SSSR count). The number of amides is 1. The molecule has 0 heterocycles. The van der Waals surface area contributed by atoms with Crippen molar-refractivity contribution in [2.75, 3.05) is 13.2 Å². The lowest BCUT2D eigenvalue weighted by Gasteiger charge is -2.27. The molecule has 0 saturated carbocycles. The fourth-order valence-corrected chi connectivity index (χ4v) is 2.47. The maximum Gasteiger partial charge on any atom is 0.261 e. The van der Waals surface area contributed by atoms with Crippen molar-refractivity contribution in [2.24, 2.45) is 0 Å². The van der Waals surface area contributed by atoms with E-state index in [1.54, 1.807) is 29.2 Å². The molecule has 2 aromatic rings. The Hall–Kier alpha value is -3.00. The quantitative estimate of drug-likeness (QED) is 0.725. The van der Waals surface area contributed by atoms with E-state index in [4.69, 9.17) is 14.7 Å². The van der Waals surface area contributed by atoms with Crippen molar-refractivity contribution in [3.05, 3.63) is 59.7 Å². The highest BCUT2D eigenvalue weighted by Crippen LogP contribution is 2.18. The minimum absolute atomic E-state index is 0.0254. The summed E-state index contributed by atoms with van der Waals surface area (Å²) in [7, 11) is 0. The van der Waals surface area contributed by atoms with Crippen molar-refractivity contribution in [1.29, 1.82) is 5.26 Å². The number of nitriles is 1. The lowest BCUT2D eigenvalue weighted by atomic mass is 10.1. The smallest absolute Gasteiger partial charge is 0.261 e. The zero-order valence-corrected chi connectivity index (χ0v) is 15.4. The summed E-state index contributed by atoms with van der Waals surface area (Å²) in [5.41, 5.74) is 1.59. The summed E-state index contributed by atoms with van der Waals surface area (Å²) in [5.74, 6) is 1.32. The lowest BCUT2D eigenvalue weighted by molar-refractivity contribution is -0.135. The van der Waals surface area contributed by atoms with Gasteiger partial charge in [0.25, 0.3) is 5.91 Å². The first-order valence-corrected chi connectivity index (χ1v) is 8.67. The van der Waals surface area contributed by atoms with Gasteiger partial charge in [0.1, 0.15) is 11.5 Å². The predicted octanol–water partition coefficient (Wildman–Crippen LogP) is 3.77. The van der Waals surface area contributed by atoms with E-state index in [-0.39, 0.29) is 18.6 Å². The highest BCUT2D eigenvalue weighted by molar-refractivity contribution is 5.78. The Bertz CT molecular complexity index is 746. The molecule has 0 spiro atoms. The number of carbonyl (C=O) groups is 1. The largest absolute Gasteiger partial charge is 0.494 e. The third kappa shape index (κ3) is 5.52. The van der Waals surface area contributed by atoms with Gasteiger partial charge in [-0.2, -0.15) is 5.26 Å². The van der Waals surface area contributed by atoms with Gasteiger partial charge in [0.15, 0.2) is 6.61 Å². The Morgan fingerprint density at radius 2 is 1.62 bits per heavy atom. The van der Waals surface area contributed by atoms with E-state index in [2.05, 4.69) is 6.07 Å². The normalized spacial score (nSPS) is 10.3. The van der Waals surface area contributed by atoms with Gasteiger partial charge in [-0.05, 0) is 62.7 Å². The first-order chi connectivity index (χ1) is 12.5.